The highest BCUT2D eigenvalue weighted by Gasteiger charge is 2.21. The van der Waals surface area contributed by atoms with E-state index in [1.807, 2.05) is 38.9 Å². The molecule has 5 heteroatoms. The number of ether oxygens (including phenoxy) is 1. The second-order valence-electron chi connectivity index (χ2n) is 4.98. The molecule has 0 aromatic heterocycles. The molecule has 0 saturated heterocycles. The van der Waals surface area contributed by atoms with Crippen LogP contribution in [0.5, 0.6) is 0 Å². The highest BCUT2D eigenvalue weighted by molar-refractivity contribution is 6.23. The Morgan fingerprint density at radius 2 is 1.90 bits per heavy atom. The van der Waals surface area contributed by atoms with Gasteiger partial charge in [0, 0.05) is 6.54 Å². The number of alkyl halides is 2. The van der Waals surface area contributed by atoms with E-state index in [0.29, 0.717) is 18.7 Å². The van der Waals surface area contributed by atoms with Crippen molar-refractivity contribution in [2.45, 2.75) is 24.6 Å². The van der Waals surface area contributed by atoms with E-state index in [2.05, 4.69) is 0 Å². The van der Waals surface area contributed by atoms with Crippen LogP contribution < -0.4 is 0 Å². The molecule has 1 aromatic carbocycles. The van der Waals surface area contributed by atoms with Crippen molar-refractivity contribution in [2.24, 2.45) is 0 Å². The van der Waals surface area contributed by atoms with Gasteiger partial charge in [0.05, 0.1) is 16.3 Å². The normalized spacial score (nSPS) is 14.2. The summed E-state index contributed by atoms with van der Waals surface area (Å²) in [5.41, 5.74) is 2.12. The first kappa shape index (κ1) is 17.3. The lowest BCUT2D eigenvalue weighted by atomic mass is 9.96. The molecular formula is C15H21Cl2NO2. The van der Waals surface area contributed by atoms with Crippen molar-refractivity contribution in [1.29, 1.82) is 0 Å². The van der Waals surface area contributed by atoms with Crippen molar-refractivity contribution in [3.8, 4) is 0 Å². The Morgan fingerprint density at radius 1 is 1.25 bits per heavy atom. The largest absolute Gasteiger partial charge is 0.461 e. The summed E-state index contributed by atoms with van der Waals surface area (Å²) in [6.45, 7) is 4.72. The molecule has 0 N–H and O–H groups in total. The van der Waals surface area contributed by atoms with Gasteiger partial charge in [0.15, 0.2) is 0 Å². The molecule has 0 aliphatic heterocycles. The van der Waals surface area contributed by atoms with Gasteiger partial charge in [-0.05, 0) is 45.1 Å². The third-order valence-corrected chi connectivity index (χ3v) is 3.41. The summed E-state index contributed by atoms with van der Waals surface area (Å²) in [6, 6.07) is 5.43. The zero-order chi connectivity index (χ0) is 15.3. The number of esters is 1. The Kier molecular flexibility index (Phi) is 6.80. The van der Waals surface area contributed by atoms with Crippen LogP contribution in [0.2, 0.25) is 0 Å². The van der Waals surface area contributed by atoms with Gasteiger partial charge in [-0.2, -0.15) is 0 Å². The van der Waals surface area contributed by atoms with E-state index in [9.17, 15) is 4.79 Å². The van der Waals surface area contributed by atoms with Crippen LogP contribution in [0.25, 0.3) is 0 Å². The fourth-order valence-electron chi connectivity index (χ4n) is 1.95. The molecule has 0 aliphatic rings. The highest BCUT2D eigenvalue weighted by Crippen LogP contribution is 2.33. The number of carbonyl (C=O) groups is 1. The minimum Gasteiger partial charge on any atom is -0.461 e. The standard InChI is InChI=1S/C15H21Cl2NO2/c1-10(16)12-6-5-7-13(14(12)11(2)17)15(19)20-9-8-18(3)4/h5-7,10-11H,8-9H2,1-4H3. The van der Waals surface area contributed by atoms with Gasteiger partial charge < -0.3 is 9.64 Å². The molecule has 0 radical (unpaired) electrons. The number of rotatable bonds is 6. The Morgan fingerprint density at radius 3 is 2.40 bits per heavy atom. The molecule has 3 nitrogen and oxygen atoms in total. The first-order chi connectivity index (χ1) is 9.34. The van der Waals surface area contributed by atoms with Gasteiger partial charge in [-0.25, -0.2) is 4.79 Å². The molecule has 20 heavy (non-hydrogen) atoms. The lowest BCUT2D eigenvalue weighted by Crippen LogP contribution is -2.21. The maximum absolute atomic E-state index is 12.2. The first-order valence-corrected chi connectivity index (χ1v) is 7.44. The maximum atomic E-state index is 12.2. The number of hydrogen-bond acceptors (Lipinski definition) is 3. The third-order valence-electron chi connectivity index (χ3n) is 2.96. The van der Waals surface area contributed by atoms with Crippen LogP contribution in [-0.2, 0) is 4.74 Å². The second-order valence-corrected chi connectivity index (χ2v) is 6.29. The summed E-state index contributed by atoms with van der Waals surface area (Å²) in [7, 11) is 3.85. The molecule has 0 spiro atoms. The molecule has 0 heterocycles. The molecule has 0 saturated carbocycles. The van der Waals surface area contributed by atoms with Crippen LogP contribution in [0.4, 0.5) is 0 Å². The van der Waals surface area contributed by atoms with E-state index >= 15 is 0 Å². The lowest BCUT2D eigenvalue weighted by Gasteiger charge is -2.18. The van der Waals surface area contributed by atoms with Gasteiger partial charge in [-0.15, -0.1) is 23.2 Å². The Balaban J connectivity index is 2.99. The minimum atomic E-state index is -0.353. The van der Waals surface area contributed by atoms with E-state index in [0.717, 1.165) is 11.1 Å². The average molecular weight is 318 g/mol. The zero-order valence-electron chi connectivity index (χ0n) is 12.3. The van der Waals surface area contributed by atoms with Crippen molar-refractivity contribution in [2.75, 3.05) is 27.2 Å². The molecule has 0 bridgehead atoms. The summed E-state index contributed by atoms with van der Waals surface area (Å²) in [6.07, 6.45) is 0. The maximum Gasteiger partial charge on any atom is 0.338 e. The summed E-state index contributed by atoms with van der Waals surface area (Å²) < 4.78 is 5.28. The lowest BCUT2D eigenvalue weighted by molar-refractivity contribution is 0.0480. The molecule has 112 valence electrons. The summed E-state index contributed by atoms with van der Waals surface area (Å²) >= 11 is 12.4. The van der Waals surface area contributed by atoms with Crippen LogP contribution in [0.15, 0.2) is 18.2 Å². The van der Waals surface area contributed by atoms with Crippen LogP contribution in [0, 0.1) is 0 Å². The van der Waals surface area contributed by atoms with Crippen LogP contribution in [0.3, 0.4) is 0 Å². The van der Waals surface area contributed by atoms with Gasteiger partial charge in [-0.1, -0.05) is 12.1 Å². The molecule has 1 rings (SSSR count). The van der Waals surface area contributed by atoms with Gasteiger partial charge in [0.1, 0.15) is 6.61 Å². The van der Waals surface area contributed by atoms with Gasteiger partial charge in [0.25, 0.3) is 0 Å². The molecule has 2 unspecified atom stereocenters. The van der Waals surface area contributed by atoms with E-state index < -0.39 is 0 Å². The quantitative estimate of drug-likeness (QED) is 0.586. The third kappa shape index (κ3) is 4.65. The fourth-order valence-corrected chi connectivity index (χ4v) is 2.38. The van der Waals surface area contributed by atoms with Gasteiger partial charge >= 0.3 is 5.97 Å². The minimum absolute atomic E-state index is 0.208. The smallest absolute Gasteiger partial charge is 0.338 e. The van der Waals surface area contributed by atoms with E-state index in [1.54, 1.807) is 12.1 Å². The summed E-state index contributed by atoms with van der Waals surface area (Å²) in [5.74, 6) is -0.353. The molecule has 1 aromatic rings. The van der Waals surface area contributed by atoms with Crippen LogP contribution in [0.1, 0.15) is 46.1 Å². The van der Waals surface area contributed by atoms with E-state index in [1.165, 1.54) is 0 Å². The van der Waals surface area contributed by atoms with Crippen LogP contribution in [-0.4, -0.2) is 38.1 Å². The number of halogens is 2. The molecular weight excluding hydrogens is 297 g/mol. The summed E-state index contributed by atoms with van der Waals surface area (Å²) in [4.78, 5) is 14.1. The van der Waals surface area contributed by atoms with Crippen molar-refractivity contribution in [1.82, 2.24) is 4.90 Å². The molecule has 0 amide bonds. The molecule has 0 aliphatic carbocycles. The number of benzene rings is 1. The average Bonchev–Trinajstić information content (AvgIpc) is 2.36. The van der Waals surface area contributed by atoms with Crippen molar-refractivity contribution < 1.29 is 9.53 Å². The first-order valence-electron chi connectivity index (χ1n) is 6.57. The van der Waals surface area contributed by atoms with E-state index in [-0.39, 0.29) is 16.7 Å². The van der Waals surface area contributed by atoms with Crippen molar-refractivity contribution in [3.05, 3.63) is 34.9 Å². The summed E-state index contributed by atoms with van der Waals surface area (Å²) in [5, 5.41) is -0.510. The topological polar surface area (TPSA) is 29.5 Å². The monoisotopic (exact) mass is 317 g/mol. The van der Waals surface area contributed by atoms with E-state index in [4.69, 9.17) is 27.9 Å². The van der Waals surface area contributed by atoms with Crippen molar-refractivity contribution in [3.63, 3.8) is 0 Å². The highest BCUT2D eigenvalue weighted by atomic mass is 35.5. The van der Waals surface area contributed by atoms with Crippen molar-refractivity contribution >= 4 is 29.2 Å². The zero-order valence-corrected chi connectivity index (χ0v) is 13.8. The SMILES string of the molecule is CC(Cl)c1cccc(C(=O)OCCN(C)C)c1C(C)Cl. The Bertz CT molecular complexity index is 459. The number of likely N-dealkylation sites (N-methyl/N-ethyl adjacent to an activating group) is 1. The number of hydrogen-bond donors (Lipinski definition) is 0. The molecule has 2 atom stereocenters. The van der Waals surface area contributed by atoms with Gasteiger partial charge in [-0.3, -0.25) is 0 Å². The number of carbonyl (C=O) groups excluding carboxylic acids is 1. The number of nitrogens with zero attached hydrogens (tertiary/aromatic N) is 1. The molecule has 0 fully saturated rings. The van der Waals surface area contributed by atoms with Crippen LogP contribution >= 0.6 is 23.2 Å². The second kappa shape index (κ2) is 7.87. The fraction of sp³-hybridized carbons (Fsp3) is 0.533. The predicted molar refractivity (Wildman–Crippen MR) is 83.8 cm³/mol. The Hall–Kier alpha value is -0.770. The van der Waals surface area contributed by atoms with Gasteiger partial charge in [0.2, 0.25) is 0 Å². The Labute approximate surface area is 130 Å². The predicted octanol–water partition coefficient (Wildman–Crippen LogP) is 4.00.